The van der Waals surface area contributed by atoms with E-state index in [1.165, 1.54) is 33.0 Å². The third kappa shape index (κ3) is 4.40. The van der Waals surface area contributed by atoms with E-state index in [2.05, 4.69) is 109 Å². The van der Waals surface area contributed by atoms with Crippen LogP contribution in [-0.4, -0.2) is 0 Å². The molecule has 10 aromatic rings. The van der Waals surface area contributed by atoms with Crippen molar-refractivity contribution in [1.29, 1.82) is 0 Å². The van der Waals surface area contributed by atoms with E-state index in [1.54, 1.807) is 0 Å². The van der Waals surface area contributed by atoms with Crippen LogP contribution in [0.4, 0.5) is 0 Å². The Balaban J connectivity index is 1.15. The molecule has 1 nitrogen and oxygen atoms in total. The van der Waals surface area contributed by atoms with E-state index in [-0.39, 0.29) is 18.1 Å². The van der Waals surface area contributed by atoms with Gasteiger partial charge < -0.3 is 4.42 Å². The Labute approximate surface area is 288 Å². The van der Waals surface area contributed by atoms with Crippen LogP contribution in [0.25, 0.3) is 98.8 Å². The van der Waals surface area contributed by atoms with Gasteiger partial charge in [-0.3, -0.25) is 0 Å². The van der Waals surface area contributed by atoms with Crippen molar-refractivity contribution in [3.05, 3.63) is 182 Å². The highest BCUT2D eigenvalue weighted by atomic mass is 16.3. The van der Waals surface area contributed by atoms with Gasteiger partial charge in [0.25, 0.3) is 0 Å². The average molecular weight is 626 g/mol. The molecule has 0 bridgehead atoms. The summed E-state index contributed by atoms with van der Waals surface area (Å²) in [7, 11) is 0. The molecule has 0 N–H and O–H groups in total. The molecule has 0 aliphatic carbocycles. The molecule has 0 spiro atoms. The van der Waals surface area contributed by atoms with Crippen molar-refractivity contribution < 1.29 is 8.53 Å². The van der Waals surface area contributed by atoms with Crippen LogP contribution in [0.15, 0.2) is 186 Å². The van der Waals surface area contributed by atoms with Crippen LogP contribution < -0.4 is 0 Å². The molecule has 0 saturated heterocycles. The summed E-state index contributed by atoms with van der Waals surface area (Å²) in [6.07, 6.45) is 0. The predicted octanol–water partition coefficient (Wildman–Crippen LogP) is 13.7. The van der Waals surface area contributed by atoms with Crippen LogP contribution in [-0.2, 0) is 0 Å². The molecule has 0 aliphatic heterocycles. The smallest absolute Gasteiger partial charge is 0.143 e. The molecule has 0 radical (unpaired) electrons. The van der Waals surface area contributed by atoms with E-state index in [4.69, 9.17) is 8.53 Å². The minimum absolute atomic E-state index is 0.00727. The lowest BCUT2D eigenvalue weighted by molar-refractivity contribution is 0.670. The fourth-order valence-electron chi connectivity index (χ4n) is 7.59. The van der Waals surface area contributed by atoms with Crippen molar-refractivity contribution >= 4 is 54.3 Å². The number of para-hydroxylation sites is 1. The topological polar surface area (TPSA) is 13.1 Å². The summed E-state index contributed by atoms with van der Waals surface area (Å²) in [5, 5.41) is 8.10. The van der Waals surface area contributed by atoms with Gasteiger partial charge in [-0.1, -0.05) is 176 Å². The zero-order valence-electron chi connectivity index (χ0n) is 29.5. The molecule has 0 unspecified atom stereocenters. The minimum Gasteiger partial charge on any atom is -0.455 e. The predicted molar refractivity (Wildman–Crippen MR) is 208 cm³/mol. The number of benzene rings is 9. The highest BCUT2D eigenvalue weighted by Crippen LogP contribution is 2.45. The summed E-state index contributed by atoms with van der Waals surface area (Å²) in [5.41, 5.74) is 9.41. The molecule has 0 fully saturated rings. The molecular weight excluding hydrogens is 593 g/mol. The van der Waals surface area contributed by atoms with Crippen LogP contribution in [0.1, 0.15) is 4.11 Å². The van der Waals surface area contributed by atoms with Gasteiger partial charge in [-0.2, -0.15) is 0 Å². The minimum atomic E-state index is -0.105. The number of hydrogen-bond acceptors (Lipinski definition) is 1. The van der Waals surface area contributed by atoms with E-state index < -0.39 is 0 Å². The fraction of sp³-hybridized carbons (Fsp3) is 0. The summed E-state index contributed by atoms with van der Waals surface area (Å²) in [5.74, 6) is 0. The van der Waals surface area contributed by atoms with Crippen molar-refractivity contribution in [2.75, 3.05) is 0 Å². The van der Waals surface area contributed by atoms with Gasteiger partial charge in [-0.15, -0.1) is 0 Å². The lowest BCUT2D eigenvalue weighted by atomic mass is 9.85. The Hall–Kier alpha value is -6.44. The van der Waals surface area contributed by atoms with Gasteiger partial charge >= 0.3 is 0 Å². The Morgan fingerprint density at radius 3 is 1.47 bits per heavy atom. The number of hydrogen-bond donors (Lipinski definition) is 0. The molecular formula is C48H30O. The monoisotopic (exact) mass is 625 g/mol. The van der Waals surface area contributed by atoms with Gasteiger partial charge in [0.2, 0.25) is 0 Å². The van der Waals surface area contributed by atoms with Crippen molar-refractivity contribution in [3.63, 3.8) is 0 Å². The first kappa shape index (κ1) is 24.7. The maximum absolute atomic E-state index is 9.03. The SMILES string of the molecule is [2H]c1c([2H])c([2H])c2c(oc3ccc4ccccc4c32)c1-c1ccc(-c2c3ccccc3c(-c3ccc(-c4ccccc4)cc3)c3ccccc23)cc1. The van der Waals surface area contributed by atoms with E-state index in [1.807, 2.05) is 54.6 Å². The van der Waals surface area contributed by atoms with Gasteiger partial charge in [0, 0.05) is 16.3 Å². The second kappa shape index (κ2) is 11.1. The third-order valence-corrected chi connectivity index (χ3v) is 9.86. The maximum Gasteiger partial charge on any atom is 0.143 e. The van der Waals surface area contributed by atoms with Crippen LogP contribution in [0.5, 0.6) is 0 Å². The van der Waals surface area contributed by atoms with E-state index >= 15 is 0 Å². The van der Waals surface area contributed by atoms with Crippen molar-refractivity contribution in [3.8, 4) is 44.5 Å². The van der Waals surface area contributed by atoms with E-state index in [9.17, 15) is 0 Å². The summed E-state index contributed by atoms with van der Waals surface area (Å²) >= 11 is 0. The zero-order chi connectivity index (χ0) is 34.9. The Morgan fingerprint density at radius 2 is 0.857 bits per heavy atom. The zero-order valence-corrected chi connectivity index (χ0v) is 26.5. The molecule has 1 heterocycles. The van der Waals surface area contributed by atoms with Crippen molar-refractivity contribution in [2.24, 2.45) is 0 Å². The standard InChI is InChI=1S/C48H30O/c1-2-11-31(12-3-1)32-21-25-35(26-22-32)45-39-15-6-8-17-41(39)46(42-18-9-7-16-40(42)45)36-27-23-34(24-28-36)38-19-10-20-43-47-37-14-5-4-13-33(37)29-30-44(47)49-48(38)43/h1-30H/i10D,19D,20D. The van der Waals surface area contributed by atoms with Gasteiger partial charge in [0.15, 0.2) is 0 Å². The molecule has 9 aromatic carbocycles. The van der Waals surface area contributed by atoms with Gasteiger partial charge in [-0.25, -0.2) is 0 Å². The molecule has 0 aliphatic rings. The van der Waals surface area contributed by atoms with Crippen molar-refractivity contribution in [2.45, 2.75) is 0 Å². The summed E-state index contributed by atoms with van der Waals surface area (Å²) in [4.78, 5) is 0. The average Bonchev–Trinajstić information content (AvgIpc) is 3.60. The first-order chi connectivity index (χ1) is 25.6. The Kier molecular flexibility index (Phi) is 5.58. The Bertz CT molecular complexity index is 2960. The largest absolute Gasteiger partial charge is 0.455 e. The normalized spacial score (nSPS) is 12.5. The molecule has 0 atom stereocenters. The summed E-state index contributed by atoms with van der Waals surface area (Å²) < 4.78 is 33.2. The Morgan fingerprint density at radius 1 is 0.367 bits per heavy atom. The molecule has 10 rings (SSSR count). The molecule has 228 valence electrons. The lowest BCUT2D eigenvalue weighted by Gasteiger charge is -2.18. The fourth-order valence-corrected chi connectivity index (χ4v) is 7.59. The quantitative estimate of drug-likeness (QED) is 0.177. The first-order valence-corrected chi connectivity index (χ1v) is 16.6. The third-order valence-electron chi connectivity index (χ3n) is 9.86. The van der Waals surface area contributed by atoms with E-state index in [0.717, 1.165) is 43.6 Å². The van der Waals surface area contributed by atoms with Gasteiger partial charge in [0.05, 0.1) is 4.11 Å². The summed E-state index contributed by atoms with van der Waals surface area (Å²) in [6, 6.07) is 56.8. The molecule has 49 heavy (non-hydrogen) atoms. The first-order valence-electron chi connectivity index (χ1n) is 18.1. The molecule has 0 amide bonds. The molecule has 1 heteroatoms. The molecule has 1 aromatic heterocycles. The summed E-state index contributed by atoms with van der Waals surface area (Å²) in [6.45, 7) is 0. The highest BCUT2D eigenvalue weighted by Gasteiger charge is 2.18. The highest BCUT2D eigenvalue weighted by molar-refractivity contribution is 6.22. The van der Waals surface area contributed by atoms with Crippen LogP contribution in [0, 0.1) is 0 Å². The molecule has 0 saturated carbocycles. The van der Waals surface area contributed by atoms with Crippen molar-refractivity contribution in [1.82, 2.24) is 0 Å². The van der Waals surface area contributed by atoms with Crippen LogP contribution >= 0.6 is 0 Å². The van der Waals surface area contributed by atoms with Crippen LogP contribution in [0.2, 0.25) is 0 Å². The number of furan rings is 1. The van der Waals surface area contributed by atoms with E-state index in [0.29, 0.717) is 22.1 Å². The second-order valence-electron chi connectivity index (χ2n) is 12.6. The van der Waals surface area contributed by atoms with Crippen LogP contribution in [0.3, 0.4) is 0 Å². The number of fused-ring (bicyclic) bond motifs is 7. The maximum atomic E-state index is 9.03. The van der Waals surface area contributed by atoms with Gasteiger partial charge in [0.1, 0.15) is 11.2 Å². The second-order valence-corrected chi connectivity index (χ2v) is 12.6. The lowest BCUT2D eigenvalue weighted by Crippen LogP contribution is -1.91. The van der Waals surface area contributed by atoms with Gasteiger partial charge in [-0.05, 0) is 77.3 Å². The number of rotatable bonds is 4.